The molecule has 0 saturated carbocycles. The van der Waals surface area contributed by atoms with Crippen molar-refractivity contribution in [2.24, 2.45) is 0 Å². The smallest absolute Gasteiger partial charge is 0.354 e. The molecule has 166 valence electrons. The summed E-state index contributed by atoms with van der Waals surface area (Å²) in [5.41, 5.74) is 1.35. The Morgan fingerprint density at radius 1 is 0.970 bits per heavy atom. The lowest BCUT2D eigenvalue weighted by Crippen LogP contribution is -2.21. The van der Waals surface area contributed by atoms with Crippen molar-refractivity contribution in [3.8, 4) is 5.75 Å². The second-order valence-corrected chi connectivity index (χ2v) is 6.99. The average Bonchev–Trinajstić information content (AvgIpc) is 2.85. The van der Waals surface area contributed by atoms with Gasteiger partial charge in [-0.1, -0.05) is 36.4 Å². The lowest BCUT2D eigenvalue weighted by Gasteiger charge is -2.23. The van der Waals surface area contributed by atoms with Gasteiger partial charge in [0.2, 0.25) is 11.6 Å². The third kappa shape index (κ3) is 5.21. The Bertz CT molecular complexity index is 1200. The molecule has 0 spiro atoms. The van der Waals surface area contributed by atoms with Crippen molar-refractivity contribution in [3.63, 3.8) is 0 Å². The summed E-state index contributed by atoms with van der Waals surface area (Å²) in [5, 5.41) is 15.2. The van der Waals surface area contributed by atoms with E-state index in [0.717, 1.165) is 5.56 Å². The van der Waals surface area contributed by atoms with Gasteiger partial charge in [-0.3, -0.25) is 10.1 Å². The summed E-state index contributed by atoms with van der Waals surface area (Å²) in [6.45, 7) is 2.80. The Kier molecular flexibility index (Phi) is 6.70. The van der Waals surface area contributed by atoms with Gasteiger partial charge in [-0.15, -0.1) is 0 Å². The van der Waals surface area contributed by atoms with Crippen LogP contribution in [0.25, 0.3) is 0 Å². The van der Waals surface area contributed by atoms with Crippen molar-refractivity contribution < 1.29 is 9.66 Å². The van der Waals surface area contributed by atoms with Gasteiger partial charge in [0, 0.05) is 11.9 Å². The van der Waals surface area contributed by atoms with Crippen LogP contribution in [0.5, 0.6) is 5.75 Å². The van der Waals surface area contributed by atoms with Crippen LogP contribution in [0.2, 0.25) is 0 Å². The first-order valence-corrected chi connectivity index (χ1v) is 10.4. The first-order valence-electron chi connectivity index (χ1n) is 10.4. The normalized spacial score (nSPS) is 10.5. The number of nitrogens with one attached hydrogen (secondary N) is 1. The molecule has 0 saturated heterocycles. The van der Waals surface area contributed by atoms with Gasteiger partial charge in [0.1, 0.15) is 17.9 Å². The van der Waals surface area contributed by atoms with Crippen molar-refractivity contribution in [1.82, 2.24) is 15.0 Å². The molecule has 2 aromatic heterocycles. The molecule has 0 fully saturated rings. The van der Waals surface area contributed by atoms with Gasteiger partial charge < -0.3 is 15.0 Å². The van der Waals surface area contributed by atoms with Gasteiger partial charge in [0.25, 0.3) is 0 Å². The molecule has 1 N–H and O–H groups in total. The molecule has 4 aromatic rings. The average molecular weight is 442 g/mol. The van der Waals surface area contributed by atoms with Crippen molar-refractivity contribution in [2.45, 2.75) is 13.5 Å². The molecule has 4 rings (SSSR count). The predicted molar refractivity (Wildman–Crippen MR) is 126 cm³/mol. The fourth-order valence-electron chi connectivity index (χ4n) is 3.31. The van der Waals surface area contributed by atoms with Gasteiger partial charge >= 0.3 is 5.69 Å². The summed E-state index contributed by atoms with van der Waals surface area (Å²) >= 11 is 0. The summed E-state index contributed by atoms with van der Waals surface area (Å²) in [6, 6.07) is 22.2. The van der Waals surface area contributed by atoms with Gasteiger partial charge in [0.05, 0.1) is 18.1 Å². The first-order chi connectivity index (χ1) is 16.2. The van der Waals surface area contributed by atoms with Crippen LogP contribution in [0.15, 0.2) is 85.3 Å². The first kappa shape index (κ1) is 21.7. The van der Waals surface area contributed by atoms with Gasteiger partial charge in [-0.2, -0.15) is 0 Å². The molecular weight excluding hydrogens is 420 g/mol. The molecule has 0 aliphatic heterocycles. The fraction of sp³-hybridized carbons (Fsp3) is 0.125. The zero-order chi connectivity index (χ0) is 23.0. The van der Waals surface area contributed by atoms with Gasteiger partial charge in [-0.25, -0.2) is 15.0 Å². The lowest BCUT2D eigenvalue weighted by atomic mass is 10.2. The van der Waals surface area contributed by atoms with Crippen molar-refractivity contribution in [1.29, 1.82) is 0 Å². The zero-order valence-corrected chi connectivity index (χ0v) is 18.0. The molecule has 33 heavy (non-hydrogen) atoms. The van der Waals surface area contributed by atoms with E-state index in [1.54, 1.807) is 47.5 Å². The molecule has 0 bridgehead atoms. The third-order valence-electron chi connectivity index (χ3n) is 4.78. The number of nitro groups is 1. The van der Waals surface area contributed by atoms with E-state index in [9.17, 15) is 10.1 Å². The highest BCUT2D eigenvalue weighted by Gasteiger charge is 2.29. The van der Waals surface area contributed by atoms with Crippen LogP contribution in [0.3, 0.4) is 0 Å². The largest absolute Gasteiger partial charge is 0.494 e. The predicted octanol–water partition coefficient (Wildman–Crippen LogP) is 5.26. The SMILES string of the molecule is CCOc1ccc(Nc2ncnc(N(Cc3ccccc3)c3ccccn3)c2[N+](=O)[O-])cc1. The lowest BCUT2D eigenvalue weighted by molar-refractivity contribution is -0.383. The Balaban J connectivity index is 1.75. The van der Waals surface area contributed by atoms with Crippen molar-refractivity contribution in [3.05, 3.63) is 101 Å². The highest BCUT2D eigenvalue weighted by Crippen LogP contribution is 2.37. The Hall–Kier alpha value is -4.53. The maximum Gasteiger partial charge on any atom is 0.354 e. The molecule has 2 aromatic carbocycles. The molecular formula is C24H22N6O3. The monoisotopic (exact) mass is 442 g/mol. The van der Waals surface area contributed by atoms with E-state index in [4.69, 9.17) is 4.74 Å². The number of benzene rings is 2. The van der Waals surface area contributed by atoms with Crippen LogP contribution in [0, 0.1) is 10.1 Å². The van der Waals surface area contributed by atoms with E-state index in [0.29, 0.717) is 30.4 Å². The molecule has 2 heterocycles. The molecule has 0 amide bonds. The minimum atomic E-state index is -0.479. The zero-order valence-electron chi connectivity index (χ0n) is 18.0. The number of aromatic nitrogens is 3. The second kappa shape index (κ2) is 10.2. The van der Waals surface area contributed by atoms with E-state index in [2.05, 4.69) is 20.3 Å². The Labute approximate surface area is 190 Å². The van der Waals surface area contributed by atoms with E-state index in [1.165, 1.54) is 6.33 Å². The number of ether oxygens (including phenoxy) is 1. The summed E-state index contributed by atoms with van der Waals surface area (Å²) < 4.78 is 5.45. The molecule has 0 aliphatic rings. The van der Waals surface area contributed by atoms with Gasteiger partial charge in [0.15, 0.2) is 0 Å². The summed E-state index contributed by atoms with van der Waals surface area (Å²) in [6.07, 6.45) is 2.94. The molecule has 0 radical (unpaired) electrons. The summed E-state index contributed by atoms with van der Waals surface area (Å²) in [4.78, 5) is 26.3. The van der Waals surface area contributed by atoms with E-state index in [-0.39, 0.29) is 17.3 Å². The number of hydrogen-bond donors (Lipinski definition) is 1. The molecule has 0 aliphatic carbocycles. The topological polar surface area (TPSA) is 106 Å². The third-order valence-corrected chi connectivity index (χ3v) is 4.78. The van der Waals surface area contributed by atoms with Crippen LogP contribution in [-0.2, 0) is 6.54 Å². The summed E-state index contributed by atoms with van der Waals surface area (Å²) in [5.74, 6) is 1.48. The minimum absolute atomic E-state index is 0.0863. The number of anilines is 4. The molecule has 9 heteroatoms. The molecule has 9 nitrogen and oxygen atoms in total. The molecule has 0 atom stereocenters. The maximum atomic E-state index is 12.2. The van der Waals surface area contributed by atoms with Crippen molar-refractivity contribution >= 4 is 28.8 Å². The summed E-state index contributed by atoms with van der Waals surface area (Å²) in [7, 11) is 0. The molecule has 0 unspecified atom stereocenters. The minimum Gasteiger partial charge on any atom is -0.494 e. The number of nitrogens with zero attached hydrogens (tertiary/aromatic N) is 5. The van der Waals surface area contributed by atoms with Crippen LogP contribution < -0.4 is 15.0 Å². The van der Waals surface area contributed by atoms with Crippen LogP contribution in [0.1, 0.15) is 12.5 Å². The van der Waals surface area contributed by atoms with Gasteiger partial charge in [-0.05, 0) is 48.9 Å². The Morgan fingerprint density at radius 3 is 2.39 bits per heavy atom. The highest BCUT2D eigenvalue weighted by atomic mass is 16.6. The van der Waals surface area contributed by atoms with E-state index in [1.807, 2.05) is 43.3 Å². The quantitative estimate of drug-likeness (QED) is 0.276. The van der Waals surface area contributed by atoms with Crippen molar-refractivity contribution in [2.75, 3.05) is 16.8 Å². The standard InChI is InChI=1S/C24H22N6O3/c1-2-33-20-13-11-19(12-14-20)28-23-22(30(31)32)24(27-17-26-23)29(21-10-6-7-15-25-21)16-18-8-4-3-5-9-18/h3-15,17H,2,16H2,1H3,(H,26,27,28). The second-order valence-electron chi connectivity index (χ2n) is 6.99. The Morgan fingerprint density at radius 2 is 1.73 bits per heavy atom. The van der Waals surface area contributed by atoms with Crippen LogP contribution in [-0.4, -0.2) is 26.5 Å². The fourth-order valence-corrected chi connectivity index (χ4v) is 3.31. The van der Waals surface area contributed by atoms with E-state index < -0.39 is 4.92 Å². The number of hydrogen-bond acceptors (Lipinski definition) is 8. The number of pyridine rings is 1. The van der Waals surface area contributed by atoms with Crippen LogP contribution in [0.4, 0.5) is 28.8 Å². The number of rotatable bonds is 9. The van der Waals surface area contributed by atoms with E-state index >= 15 is 0 Å². The maximum absolute atomic E-state index is 12.2. The highest BCUT2D eigenvalue weighted by molar-refractivity contribution is 5.77. The van der Waals surface area contributed by atoms with Crippen LogP contribution >= 0.6 is 0 Å².